The van der Waals surface area contributed by atoms with Crippen molar-refractivity contribution < 1.29 is 4.79 Å². The van der Waals surface area contributed by atoms with Crippen molar-refractivity contribution in [2.75, 3.05) is 33.2 Å². The van der Waals surface area contributed by atoms with E-state index in [1.54, 1.807) is 0 Å². The number of nitrogens with one attached hydrogen (secondary N) is 1. The van der Waals surface area contributed by atoms with Gasteiger partial charge in [-0.1, -0.05) is 19.3 Å². The van der Waals surface area contributed by atoms with E-state index >= 15 is 0 Å². The van der Waals surface area contributed by atoms with Crippen LogP contribution in [0.3, 0.4) is 0 Å². The minimum atomic E-state index is 0.378. The number of hydrogen-bond donors (Lipinski definition) is 1. The number of hydrogen-bond acceptors (Lipinski definition) is 3. The molecule has 1 aliphatic heterocycles. The fourth-order valence-electron chi connectivity index (χ4n) is 3.52. The Morgan fingerprint density at radius 1 is 1.17 bits per heavy atom. The molecule has 1 heterocycles. The largest absolute Gasteiger partial charge is 0.319 e. The van der Waals surface area contributed by atoms with Crippen molar-refractivity contribution >= 4 is 5.78 Å². The molecular weight excluding hydrogens is 224 g/mol. The van der Waals surface area contributed by atoms with Gasteiger partial charge in [0.15, 0.2) is 0 Å². The van der Waals surface area contributed by atoms with Crippen LogP contribution < -0.4 is 5.32 Å². The van der Waals surface area contributed by atoms with Crippen LogP contribution in [0.2, 0.25) is 0 Å². The second-order valence-electron chi connectivity index (χ2n) is 6.10. The Balaban J connectivity index is 1.75. The Morgan fingerprint density at radius 3 is 2.67 bits per heavy atom. The highest BCUT2D eigenvalue weighted by Gasteiger charge is 2.25. The van der Waals surface area contributed by atoms with Gasteiger partial charge in [-0.15, -0.1) is 0 Å². The Morgan fingerprint density at radius 2 is 1.94 bits per heavy atom. The average Bonchev–Trinajstić information content (AvgIpc) is 2.40. The molecule has 1 atom stereocenters. The monoisotopic (exact) mass is 252 g/mol. The molecule has 0 bridgehead atoms. The number of ketones is 1. The molecule has 3 nitrogen and oxygen atoms in total. The lowest BCUT2D eigenvalue weighted by atomic mass is 9.85. The molecule has 1 saturated carbocycles. The van der Waals surface area contributed by atoms with Gasteiger partial charge in [0.2, 0.25) is 0 Å². The van der Waals surface area contributed by atoms with Crippen LogP contribution in [0.4, 0.5) is 0 Å². The highest BCUT2D eigenvalue weighted by Crippen LogP contribution is 2.25. The third kappa shape index (κ3) is 4.06. The molecule has 2 aliphatic rings. The first-order valence-electron chi connectivity index (χ1n) is 7.69. The summed E-state index contributed by atoms with van der Waals surface area (Å²) in [6.07, 6.45) is 8.72. The SMILES string of the molecule is CNCC1CCCN(CC(=O)C2CCCCC2)C1. The lowest BCUT2D eigenvalue weighted by Crippen LogP contribution is -2.42. The molecule has 0 aromatic rings. The fourth-order valence-corrected chi connectivity index (χ4v) is 3.52. The van der Waals surface area contributed by atoms with Gasteiger partial charge in [0, 0.05) is 12.5 Å². The van der Waals surface area contributed by atoms with Crippen molar-refractivity contribution in [3.8, 4) is 0 Å². The van der Waals surface area contributed by atoms with Gasteiger partial charge in [-0.05, 0) is 51.7 Å². The van der Waals surface area contributed by atoms with Crippen molar-refractivity contribution in [3.05, 3.63) is 0 Å². The van der Waals surface area contributed by atoms with E-state index in [4.69, 9.17) is 0 Å². The second-order valence-corrected chi connectivity index (χ2v) is 6.10. The maximum absolute atomic E-state index is 12.3. The quantitative estimate of drug-likeness (QED) is 0.813. The number of likely N-dealkylation sites (tertiary alicyclic amines) is 1. The molecular formula is C15H28N2O. The van der Waals surface area contributed by atoms with E-state index in [1.165, 1.54) is 32.1 Å². The van der Waals surface area contributed by atoms with Gasteiger partial charge in [0.1, 0.15) is 5.78 Å². The van der Waals surface area contributed by atoms with Gasteiger partial charge in [-0.25, -0.2) is 0 Å². The molecule has 0 amide bonds. The lowest BCUT2D eigenvalue weighted by molar-refractivity contribution is -0.125. The van der Waals surface area contributed by atoms with Crippen LogP contribution in [0, 0.1) is 11.8 Å². The summed E-state index contributed by atoms with van der Waals surface area (Å²) in [5.41, 5.74) is 0. The highest BCUT2D eigenvalue weighted by atomic mass is 16.1. The molecule has 18 heavy (non-hydrogen) atoms. The zero-order valence-electron chi connectivity index (χ0n) is 11.8. The Labute approximate surface area is 111 Å². The first kappa shape index (κ1) is 14.0. The summed E-state index contributed by atoms with van der Waals surface area (Å²) in [5.74, 6) is 1.63. The molecule has 0 radical (unpaired) electrons. The number of carbonyl (C=O) groups excluding carboxylic acids is 1. The summed E-state index contributed by atoms with van der Waals surface area (Å²) >= 11 is 0. The van der Waals surface area contributed by atoms with Crippen LogP contribution >= 0.6 is 0 Å². The van der Waals surface area contributed by atoms with Crippen LogP contribution in [-0.4, -0.2) is 43.9 Å². The summed E-state index contributed by atoms with van der Waals surface area (Å²) < 4.78 is 0. The lowest BCUT2D eigenvalue weighted by Gasteiger charge is -2.33. The maximum atomic E-state index is 12.3. The van der Waals surface area contributed by atoms with Gasteiger partial charge in [-0.2, -0.15) is 0 Å². The van der Waals surface area contributed by atoms with Crippen LogP contribution in [0.1, 0.15) is 44.9 Å². The van der Waals surface area contributed by atoms with E-state index in [0.717, 1.165) is 38.4 Å². The summed E-state index contributed by atoms with van der Waals surface area (Å²) in [7, 11) is 2.02. The molecule has 2 rings (SSSR count). The van der Waals surface area contributed by atoms with Gasteiger partial charge in [-0.3, -0.25) is 9.69 Å². The summed E-state index contributed by atoms with van der Waals surface area (Å²) in [6.45, 7) is 4.04. The van der Waals surface area contributed by atoms with E-state index in [9.17, 15) is 4.79 Å². The third-order valence-electron chi connectivity index (χ3n) is 4.54. The topological polar surface area (TPSA) is 32.3 Å². The minimum Gasteiger partial charge on any atom is -0.319 e. The first-order valence-corrected chi connectivity index (χ1v) is 7.69. The predicted molar refractivity (Wildman–Crippen MR) is 74.7 cm³/mol. The fraction of sp³-hybridized carbons (Fsp3) is 0.933. The highest BCUT2D eigenvalue weighted by molar-refractivity contribution is 5.83. The molecule has 0 aromatic carbocycles. The van der Waals surface area contributed by atoms with Crippen LogP contribution in [-0.2, 0) is 4.79 Å². The first-order chi connectivity index (χ1) is 8.79. The van der Waals surface area contributed by atoms with Crippen molar-refractivity contribution in [2.45, 2.75) is 44.9 Å². The normalized spacial score (nSPS) is 27.3. The molecule has 1 saturated heterocycles. The summed E-state index contributed by atoms with van der Waals surface area (Å²) in [6, 6.07) is 0. The van der Waals surface area contributed by atoms with Gasteiger partial charge in [0.05, 0.1) is 6.54 Å². The average molecular weight is 252 g/mol. The van der Waals surface area contributed by atoms with E-state index in [0.29, 0.717) is 18.2 Å². The third-order valence-corrected chi connectivity index (χ3v) is 4.54. The Kier molecular flexibility index (Phi) is 5.64. The smallest absolute Gasteiger partial charge is 0.149 e. The van der Waals surface area contributed by atoms with E-state index in [-0.39, 0.29) is 0 Å². The van der Waals surface area contributed by atoms with Crippen molar-refractivity contribution in [1.82, 2.24) is 10.2 Å². The Hall–Kier alpha value is -0.410. The molecule has 3 heteroatoms. The van der Waals surface area contributed by atoms with E-state index < -0.39 is 0 Å². The van der Waals surface area contributed by atoms with Crippen molar-refractivity contribution in [3.63, 3.8) is 0 Å². The van der Waals surface area contributed by atoms with Crippen molar-refractivity contribution in [1.29, 1.82) is 0 Å². The summed E-state index contributed by atoms with van der Waals surface area (Å²) in [4.78, 5) is 14.7. The zero-order valence-corrected chi connectivity index (χ0v) is 11.8. The molecule has 0 spiro atoms. The van der Waals surface area contributed by atoms with E-state index in [2.05, 4.69) is 10.2 Å². The second kappa shape index (κ2) is 7.25. The predicted octanol–water partition coefficient (Wildman–Crippen LogP) is 2.07. The molecule has 1 unspecified atom stereocenters. The van der Waals surface area contributed by atoms with Crippen LogP contribution in [0.25, 0.3) is 0 Å². The summed E-state index contributed by atoms with van der Waals surface area (Å²) in [5, 5.41) is 3.26. The van der Waals surface area contributed by atoms with Crippen LogP contribution in [0.5, 0.6) is 0 Å². The van der Waals surface area contributed by atoms with Gasteiger partial charge in [0.25, 0.3) is 0 Å². The number of Topliss-reactive ketones (excluding diaryl/α,β-unsaturated/α-hetero) is 1. The molecule has 1 N–H and O–H groups in total. The minimum absolute atomic E-state index is 0.378. The van der Waals surface area contributed by atoms with Crippen molar-refractivity contribution in [2.24, 2.45) is 11.8 Å². The van der Waals surface area contributed by atoms with Crippen LogP contribution in [0.15, 0.2) is 0 Å². The standard InChI is InChI=1S/C15H28N2O/c1-16-10-13-6-5-9-17(11-13)12-15(18)14-7-3-2-4-8-14/h13-14,16H,2-12H2,1H3. The number of rotatable bonds is 5. The number of carbonyl (C=O) groups is 1. The van der Waals surface area contributed by atoms with Gasteiger partial charge < -0.3 is 5.32 Å². The molecule has 2 fully saturated rings. The number of piperidine rings is 1. The maximum Gasteiger partial charge on any atom is 0.149 e. The Bertz CT molecular complexity index is 259. The molecule has 0 aromatic heterocycles. The zero-order chi connectivity index (χ0) is 12.8. The molecule has 104 valence electrons. The van der Waals surface area contributed by atoms with Gasteiger partial charge >= 0.3 is 0 Å². The number of nitrogens with zero attached hydrogens (tertiary/aromatic N) is 1. The molecule has 1 aliphatic carbocycles. The van der Waals surface area contributed by atoms with E-state index in [1.807, 2.05) is 7.05 Å².